The van der Waals surface area contributed by atoms with Gasteiger partial charge < -0.3 is 5.32 Å². The second-order valence-corrected chi connectivity index (χ2v) is 5.90. The zero-order valence-electron chi connectivity index (χ0n) is 12.3. The molecule has 0 saturated carbocycles. The van der Waals surface area contributed by atoms with Gasteiger partial charge in [-0.25, -0.2) is 0 Å². The van der Waals surface area contributed by atoms with Crippen LogP contribution in [0.5, 0.6) is 0 Å². The minimum Gasteiger partial charge on any atom is -0.320 e. The third-order valence-corrected chi connectivity index (χ3v) is 4.25. The molecule has 2 rings (SSSR count). The van der Waals surface area contributed by atoms with Crippen LogP contribution >= 0.6 is 11.8 Å². The molecule has 0 bridgehead atoms. The molecule has 0 saturated heterocycles. The van der Waals surface area contributed by atoms with Gasteiger partial charge in [0, 0.05) is 11.0 Å². The first-order chi connectivity index (χ1) is 10.5. The van der Waals surface area contributed by atoms with Gasteiger partial charge in [-0.05, 0) is 37.1 Å². The normalized spacial score (nSPS) is 10.3. The summed E-state index contributed by atoms with van der Waals surface area (Å²) in [6, 6.07) is 12.5. The molecular weight excluding hydrogens is 300 g/mol. The Morgan fingerprint density at radius 1 is 1.23 bits per heavy atom. The lowest BCUT2D eigenvalue weighted by atomic mass is 10.2. The molecule has 0 aliphatic heterocycles. The molecule has 0 unspecified atom stereocenters. The first-order valence-corrected chi connectivity index (χ1v) is 7.69. The van der Waals surface area contributed by atoms with Crippen LogP contribution in [0, 0.1) is 24.0 Å². The number of thioether (sulfide) groups is 1. The molecule has 0 aliphatic rings. The maximum Gasteiger partial charge on any atom is 0.293 e. The summed E-state index contributed by atoms with van der Waals surface area (Å²) in [4.78, 5) is 23.6. The number of anilines is 1. The minimum absolute atomic E-state index is 0.0887. The molecule has 5 nitrogen and oxygen atoms in total. The highest BCUT2D eigenvalue weighted by Crippen LogP contribution is 2.26. The molecular formula is C16H16N2O3S. The number of nitro benzene ring substituents is 1. The smallest absolute Gasteiger partial charge is 0.293 e. The number of rotatable bonds is 5. The fourth-order valence-corrected chi connectivity index (χ4v) is 2.78. The first-order valence-electron chi connectivity index (χ1n) is 6.70. The van der Waals surface area contributed by atoms with Crippen LogP contribution in [-0.4, -0.2) is 16.6 Å². The van der Waals surface area contributed by atoms with E-state index in [0.717, 1.165) is 16.0 Å². The van der Waals surface area contributed by atoms with Gasteiger partial charge in [0.1, 0.15) is 5.69 Å². The van der Waals surface area contributed by atoms with Crippen LogP contribution in [0.4, 0.5) is 11.4 Å². The van der Waals surface area contributed by atoms with E-state index < -0.39 is 4.92 Å². The fourth-order valence-electron chi connectivity index (χ4n) is 1.95. The Morgan fingerprint density at radius 2 is 1.95 bits per heavy atom. The van der Waals surface area contributed by atoms with E-state index in [2.05, 4.69) is 5.32 Å². The lowest BCUT2D eigenvalue weighted by Gasteiger charge is -2.08. The SMILES string of the molecule is Cc1ccc(NC(=O)CSc2ccccc2C)c([N+](=O)[O-])c1. The van der Waals surface area contributed by atoms with Gasteiger partial charge in [0.05, 0.1) is 10.7 Å². The molecule has 0 aromatic heterocycles. The quantitative estimate of drug-likeness (QED) is 0.515. The van der Waals surface area contributed by atoms with Crippen LogP contribution in [0.25, 0.3) is 0 Å². The van der Waals surface area contributed by atoms with Crippen molar-refractivity contribution in [3.05, 3.63) is 63.7 Å². The van der Waals surface area contributed by atoms with Gasteiger partial charge in [0.25, 0.3) is 5.69 Å². The van der Waals surface area contributed by atoms with Crippen molar-refractivity contribution >= 4 is 29.0 Å². The molecule has 6 heteroatoms. The molecule has 2 aromatic rings. The molecule has 1 amide bonds. The number of nitrogens with one attached hydrogen (secondary N) is 1. The topological polar surface area (TPSA) is 72.2 Å². The van der Waals surface area contributed by atoms with E-state index in [4.69, 9.17) is 0 Å². The summed E-state index contributed by atoms with van der Waals surface area (Å²) in [5.41, 5.74) is 2.01. The highest BCUT2D eigenvalue weighted by Gasteiger charge is 2.16. The first kappa shape index (κ1) is 16.0. The summed E-state index contributed by atoms with van der Waals surface area (Å²) in [5.74, 6) is -0.0594. The van der Waals surface area contributed by atoms with Gasteiger partial charge >= 0.3 is 0 Å². The van der Waals surface area contributed by atoms with Gasteiger partial charge in [-0.1, -0.05) is 24.3 Å². The monoisotopic (exact) mass is 316 g/mol. The molecule has 114 valence electrons. The number of aryl methyl sites for hydroxylation is 2. The molecule has 1 N–H and O–H groups in total. The summed E-state index contributed by atoms with van der Waals surface area (Å²) in [6.07, 6.45) is 0. The highest BCUT2D eigenvalue weighted by atomic mass is 32.2. The zero-order chi connectivity index (χ0) is 16.1. The summed E-state index contributed by atoms with van der Waals surface area (Å²) in [5, 5.41) is 13.6. The zero-order valence-corrected chi connectivity index (χ0v) is 13.1. The van der Waals surface area contributed by atoms with Gasteiger partial charge in [-0.3, -0.25) is 14.9 Å². The number of amides is 1. The van der Waals surface area contributed by atoms with Crippen molar-refractivity contribution in [3.8, 4) is 0 Å². The van der Waals surface area contributed by atoms with Gasteiger partial charge in [-0.2, -0.15) is 0 Å². The van der Waals surface area contributed by atoms with Crippen LogP contribution in [0.2, 0.25) is 0 Å². The van der Waals surface area contributed by atoms with Crippen molar-refractivity contribution in [1.82, 2.24) is 0 Å². The molecule has 0 radical (unpaired) electrons. The molecule has 22 heavy (non-hydrogen) atoms. The predicted octanol–water partition coefficient (Wildman–Crippen LogP) is 3.94. The number of nitro groups is 1. The van der Waals surface area contributed by atoms with Crippen molar-refractivity contribution in [2.24, 2.45) is 0 Å². The summed E-state index contributed by atoms with van der Waals surface area (Å²) >= 11 is 1.41. The van der Waals surface area contributed by atoms with Crippen molar-refractivity contribution in [3.63, 3.8) is 0 Å². The van der Waals surface area contributed by atoms with E-state index in [9.17, 15) is 14.9 Å². The Labute approximate surface area is 132 Å². The molecule has 0 aliphatic carbocycles. The minimum atomic E-state index is -0.489. The molecule has 0 atom stereocenters. The van der Waals surface area contributed by atoms with Crippen LogP contribution in [0.15, 0.2) is 47.4 Å². The predicted molar refractivity (Wildman–Crippen MR) is 88.4 cm³/mol. The van der Waals surface area contributed by atoms with Crippen molar-refractivity contribution < 1.29 is 9.72 Å². The highest BCUT2D eigenvalue weighted by molar-refractivity contribution is 8.00. The van der Waals surface area contributed by atoms with Crippen molar-refractivity contribution in [2.45, 2.75) is 18.7 Å². The third kappa shape index (κ3) is 4.08. The van der Waals surface area contributed by atoms with Crippen LogP contribution in [-0.2, 0) is 4.79 Å². The largest absolute Gasteiger partial charge is 0.320 e. The number of carbonyl (C=O) groups is 1. The second kappa shape index (κ2) is 7.09. The lowest BCUT2D eigenvalue weighted by molar-refractivity contribution is -0.384. The van der Waals surface area contributed by atoms with Crippen LogP contribution < -0.4 is 5.32 Å². The summed E-state index contributed by atoms with van der Waals surface area (Å²) < 4.78 is 0. The second-order valence-electron chi connectivity index (χ2n) is 4.88. The maximum atomic E-state index is 12.0. The van der Waals surface area contributed by atoms with Crippen molar-refractivity contribution in [2.75, 3.05) is 11.1 Å². The Morgan fingerprint density at radius 3 is 2.64 bits per heavy atom. The number of benzene rings is 2. The van der Waals surface area contributed by atoms with E-state index in [0.29, 0.717) is 0 Å². The van der Waals surface area contributed by atoms with Crippen LogP contribution in [0.1, 0.15) is 11.1 Å². The molecule has 0 heterocycles. The Bertz CT molecular complexity index is 716. The maximum absolute atomic E-state index is 12.0. The molecule has 0 spiro atoms. The van der Waals surface area contributed by atoms with E-state index in [1.54, 1.807) is 19.1 Å². The Balaban J connectivity index is 2.04. The van der Waals surface area contributed by atoms with E-state index >= 15 is 0 Å². The lowest BCUT2D eigenvalue weighted by Crippen LogP contribution is -2.15. The number of nitrogens with zero attached hydrogens (tertiary/aromatic N) is 1. The summed E-state index contributed by atoms with van der Waals surface area (Å²) in [6.45, 7) is 3.75. The average molecular weight is 316 g/mol. The van der Waals surface area contributed by atoms with E-state index in [-0.39, 0.29) is 23.0 Å². The van der Waals surface area contributed by atoms with Gasteiger partial charge in [0.2, 0.25) is 5.91 Å². The number of carbonyl (C=O) groups excluding carboxylic acids is 1. The fraction of sp³-hybridized carbons (Fsp3) is 0.188. The van der Waals surface area contributed by atoms with E-state index in [1.807, 2.05) is 31.2 Å². The Kier molecular flexibility index (Phi) is 5.16. The number of hydrogen-bond acceptors (Lipinski definition) is 4. The number of hydrogen-bond donors (Lipinski definition) is 1. The molecule has 0 fully saturated rings. The Hall–Kier alpha value is -2.34. The molecule has 2 aromatic carbocycles. The third-order valence-electron chi connectivity index (χ3n) is 3.08. The summed E-state index contributed by atoms with van der Waals surface area (Å²) in [7, 11) is 0. The van der Waals surface area contributed by atoms with Crippen LogP contribution in [0.3, 0.4) is 0 Å². The van der Waals surface area contributed by atoms with E-state index in [1.165, 1.54) is 17.8 Å². The van der Waals surface area contributed by atoms with Gasteiger partial charge in [0.15, 0.2) is 0 Å². The van der Waals surface area contributed by atoms with Gasteiger partial charge in [-0.15, -0.1) is 11.8 Å². The average Bonchev–Trinajstić information content (AvgIpc) is 2.48. The van der Waals surface area contributed by atoms with Crippen molar-refractivity contribution in [1.29, 1.82) is 0 Å². The standard InChI is InChI=1S/C16H16N2O3S/c1-11-7-8-13(14(9-11)18(20)21)17-16(19)10-22-15-6-4-3-5-12(15)2/h3-9H,10H2,1-2H3,(H,17,19).